The van der Waals surface area contributed by atoms with Gasteiger partial charge in [-0.2, -0.15) is 0 Å². The van der Waals surface area contributed by atoms with E-state index in [1.54, 1.807) is 19.3 Å². The van der Waals surface area contributed by atoms with Crippen LogP contribution in [0.1, 0.15) is 47.6 Å². The molecule has 0 unspecified atom stereocenters. The molecule has 3 aromatic carbocycles. The van der Waals surface area contributed by atoms with Gasteiger partial charge in [-0.3, -0.25) is 14.5 Å². The van der Waals surface area contributed by atoms with Gasteiger partial charge in [0, 0.05) is 0 Å². The fraction of sp³-hybridized carbons (Fsp3) is 0.290. The van der Waals surface area contributed by atoms with Crippen LogP contribution in [0.3, 0.4) is 0 Å². The molecule has 198 valence electrons. The lowest BCUT2D eigenvalue weighted by Crippen LogP contribution is -2.32. The van der Waals surface area contributed by atoms with Crippen LogP contribution in [0.5, 0.6) is 17.2 Å². The molecule has 1 saturated heterocycles. The van der Waals surface area contributed by atoms with Crippen LogP contribution < -0.4 is 14.2 Å². The van der Waals surface area contributed by atoms with Gasteiger partial charge in [0.1, 0.15) is 19.0 Å². The summed E-state index contributed by atoms with van der Waals surface area (Å²) in [5.41, 5.74) is 5.18. The summed E-state index contributed by atoms with van der Waals surface area (Å²) in [4.78, 5) is 27.2. The second-order valence-corrected chi connectivity index (χ2v) is 10.6. The van der Waals surface area contributed by atoms with Crippen LogP contribution in [-0.2, 0) is 11.4 Å². The molecule has 1 aliphatic rings. The third-order valence-corrected chi connectivity index (χ3v) is 7.11. The number of aryl methyl sites for hydroxylation is 2. The molecule has 0 atom stereocenters. The fourth-order valence-electron chi connectivity index (χ4n) is 4.19. The first-order chi connectivity index (χ1) is 18.2. The molecule has 0 N–H and O–H groups in total. The van der Waals surface area contributed by atoms with Gasteiger partial charge in [0.25, 0.3) is 11.1 Å². The zero-order chi connectivity index (χ0) is 27.2. The van der Waals surface area contributed by atoms with Crippen molar-refractivity contribution >= 4 is 29.0 Å². The number of ether oxygens (including phenoxy) is 3. The molecule has 1 heterocycles. The molecule has 1 aliphatic heterocycles. The largest absolute Gasteiger partial charge is 0.493 e. The first kappa shape index (κ1) is 27.3. The molecule has 6 nitrogen and oxygen atoms in total. The molecule has 0 bridgehead atoms. The molecule has 0 aliphatic carbocycles. The zero-order valence-electron chi connectivity index (χ0n) is 22.4. The van der Waals surface area contributed by atoms with Gasteiger partial charge in [-0.15, -0.1) is 0 Å². The Morgan fingerprint density at radius 2 is 1.68 bits per heavy atom. The molecular weight excluding hydrogens is 498 g/mol. The Morgan fingerprint density at radius 3 is 2.42 bits per heavy atom. The molecule has 7 heteroatoms. The van der Waals surface area contributed by atoms with Gasteiger partial charge < -0.3 is 14.2 Å². The van der Waals surface area contributed by atoms with Crippen molar-refractivity contribution in [2.45, 2.75) is 40.2 Å². The van der Waals surface area contributed by atoms with Crippen LogP contribution in [0.2, 0.25) is 0 Å². The topological polar surface area (TPSA) is 65.1 Å². The smallest absolute Gasteiger partial charge is 0.293 e. The van der Waals surface area contributed by atoms with Gasteiger partial charge in [0.2, 0.25) is 0 Å². The van der Waals surface area contributed by atoms with Crippen LogP contribution in [-0.4, -0.2) is 36.3 Å². The normalized spacial score (nSPS) is 14.5. The third-order valence-electron chi connectivity index (χ3n) is 6.20. The highest BCUT2D eigenvalue weighted by Crippen LogP contribution is 2.35. The Hall–Kier alpha value is -3.71. The van der Waals surface area contributed by atoms with E-state index in [9.17, 15) is 9.59 Å². The number of hydrogen-bond acceptors (Lipinski definition) is 6. The lowest BCUT2D eigenvalue weighted by atomic mass is 10.0. The number of benzene rings is 3. The Labute approximate surface area is 228 Å². The molecule has 1 fully saturated rings. The van der Waals surface area contributed by atoms with E-state index in [2.05, 4.69) is 32.0 Å². The van der Waals surface area contributed by atoms with Gasteiger partial charge in [-0.25, -0.2) is 0 Å². The number of amides is 2. The van der Waals surface area contributed by atoms with Gasteiger partial charge in [0.15, 0.2) is 11.5 Å². The van der Waals surface area contributed by atoms with Crippen molar-refractivity contribution in [2.75, 3.05) is 20.3 Å². The van der Waals surface area contributed by atoms with E-state index >= 15 is 0 Å². The maximum absolute atomic E-state index is 13.0. The van der Waals surface area contributed by atoms with E-state index in [1.807, 2.05) is 50.2 Å². The third kappa shape index (κ3) is 6.58. The quantitative estimate of drug-likeness (QED) is 0.259. The van der Waals surface area contributed by atoms with E-state index in [1.165, 1.54) is 10.5 Å². The molecule has 3 aromatic rings. The number of nitrogens with zero attached hydrogens (tertiary/aromatic N) is 1. The maximum Gasteiger partial charge on any atom is 0.293 e. The van der Waals surface area contributed by atoms with Crippen molar-refractivity contribution in [1.82, 2.24) is 4.90 Å². The summed E-state index contributed by atoms with van der Waals surface area (Å²) in [5.74, 6) is 1.93. The fourth-order valence-corrected chi connectivity index (χ4v) is 5.06. The second kappa shape index (κ2) is 12.2. The number of rotatable bonds is 10. The Balaban J connectivity index is 1.40. The lowest BCUT2D eigenvalue weighted by Gasteiger charge is -2.17. The average Bonchev–Trinajstić information content (AvgIpc) is 3.15. The Kier molecular flexibility index (Phi) is 8.79. The summed E-state index contributed by atoms with van der Waals surface area (Å²) in [6, 6.07) is 19.7. The van der Waals surface area contributed by atoms with Gasteiger partial charge in [-0.05, 0) is 78.1 Å². The Morgan fingerprint density at radius 1 is 0.895 bits per heavy atom. The number of carbonyl (C=O) groups is 2. The summed E-state index contributed by atoms with van der Waals surface area (Å²) >= 11 is 0.931. The predicted molar refractivity (Wildman–Crippen MR) is 152 cm³/mol. The average molecular weight is 532 g/mol. The van der Waals surface area contributed by atoms with Crippen LogP contribution in [0, 0.1) is 13.8 Å². The van der Waals surface area contributed by atoms with E-state index in [0.717, 1.165) is 39.8 Å². The van der Waals surface area contributed by atoms with E-state index in [-0.39, 0.29) is 24.3 Å². The van der Waals surface area contributed by atoms with Crippen LogP contribution in [0.15, 0.2) is 65.6 Å². The van der Waals surface area contributed by atoms with E-state index in [4.69, 9.17) is 14.2 Å². The van der Waals surface area contributed by atoms with Crippen LogP contribution >= 0.6 is 11.8 Å². The minimum Gasteiger partial charge on any atom is -0.493 e. The maximum atomic E-state index is 13.0. The number of methoxy groups -OCH3 is 1. The van der Waals surface area contributed by atoms with Crippen molar-refractivity contribution in [3.63, 3.8) is 0 Å². The van der Waals surface area contributed by atoms with Crippen molar-refractivity contribution < 1.29 is 23.8 Å². The molecular formula is C31H33NO5S. The number of thioether (sulfide) groups is 1. The summed E-state index contributed by atoms with van der Waals surface area (Å²) in [5, 5.41) is -0.303. The Bertz CT molecular complexity index is 1360. The number of carbonyl (C=O) groups excluding carboxylic acids is 2. The summed E-state index contributed by atoms with van der Waals surface area (Å²) < 4.78 is 17.5. The molecule has 0 aromatic heterocycles. The number of imide groups is 1. The minimum absolute atomic E-state index is 0.183. The standard InChI is InChI=1S/C31H33NO5S/c1-20(2)25-11-9-22(4)16-27(25)36-14-13-32-30(33)29(38-31(32)34)18-23-10-12-26(28(17-23)35-5)37-19-24-8-6-7-21(3)15-24/h6-12,15-18,20H,13-14,19H2,1-5H3/b29-18-. The molecule has 0 saturated carbocycles. The molecule has 2 amide bonds. The summed E-state index contributed by atoms with van der Waals surface area (Å²) in [7, 11) is 1.57. The minimum atomic E-state index is -0.323. The van der Waals surface area contributed by atoms with E-state index < -0.39 is 0 Å². The van der Waals surface area contributed by atoms with Crippen LogP contribution in [0.25, 0.3) is 6.08 Å². The van der Waals surface area contributed by atoms with Crippen molar-refractivity contribution in [3.8, 4) is 17.2 Å². The summed E-state index contributed by atoms with van der Waals surface area (Å²) in [6.07, 6.45) is 1.70. The highest BCUT2D eigenvalue weighted by Gasteiger charge is 2.35. The second-order valence-electron chi connectivity index (χ2n) is 9.57. The van der Waals surface area contributed by atoms with Crippen molar-refractivity contribution in [3.05, 3.63) is 93.4 Å². The highest BCUT2D eigenvalue weighted by molar-refractivity contribution is 8.18. The van der Waals surface area contributed by atoms with Crippen molar-refractivity contribution in [2.24, 2.45) is 0 Å². The number of hydrogen-bond donors (Lipinski definition) is 0. The summed E-state index contributed by atoms with van der Waals surface area (Å²) in [6.45, 7) is 9.10. The monoisotopic (exact) mass is 531 g/mol. The first-order valence-corrected chi connectivity index (χ1v) is 13.4. The molecule has 38 heavy (non-hydrogen) atoms. The van der Waals surface area contributed by atoms with Gasteiger partial charge in [0.05, 0.1) is 18.6 Å². The van der Waals surface area contributed by atoms with Gasteiger partial charge >= 0.3 is 0 Å². The SMILES string of the molecule is COc1cc(/C=C2\SC(=O)N(CCOc3cc(C)ccc3C(C)C)C2=O)ccc1OCc1cccc(C)c1. The predicted octanol–water partition coefficient (Wildman–Crippen LogP) is 7.13. The van der Waals surface area contributed by atoms with Crippen molar-refractivity contribution in [1.29, 1.82) is 0 Å². The molecule has 0 spiro atoms. The molecule has 4 rings (SSSR count). The van der Waals surface area contributed by atoms with Crippen LogP contribution in [0.4, 0.5) is 4.79 Å². The van der Waals surface area contributed by atoms with Gasteiger partial charge in [-0.1, -0.05) is 61.9 Å². The van der Waals surface area contributed by atoms with E-state index in [0.29, 0.717) is 28.9 Å². The highest BCUT2D eigenvalue weighted by atomic mass is 32.2. The lowest BCUT2D eigenvalue weighted by molar-refractivity contribution is -0.123. The zero-order valence-corrected chi connectivity index (χ0v) is 23.3. The molecule has 0 radical (unpaired) electrons. The first-order valence-electron chi connectivity index (χ1n) is 12.6.